The third-order valence-electron chi connectivity index (χ3n) is 5.28. The number of rotatable bonds is 4. The minimum atomic E-state index is 0.163. The Kier molecular flexibility index (Phi) is 4.17. The maximum atomic E-state index is 5.07. The van der Waals surface area contributed by atoms with Gasteiger partial charge in [-0.2, -0.15) is 0 Å². The van der Waals surface area contributed by atoms with Gasteiger partial charge in [0.1, 0.15) is 5.01 Å². The molecule has 3 heteroatoms. The first-order valence-corrected chi connectivity index (χ1v) is 9.55. The van der Waals surface area contributed by atoms with Crippen molar-refractivity contribution < 1.29 is 0 Å². The summed E-state index contributed by atoms with van der Waals surface area (Å²) in [6.07, 6.45) is 9.33. The van der Waals surface area contributed by atoms with Crippen LogP contribution in [-0.4, -0.2) is 11.0 Å². The summed E-state index contributed by atoms with van der Waals surface area (Å²) in [5.41, 5.74) is 1.61. The van der Waals surface area contributed by atoms with E-state index in [1.165, 1.54) is 55.6 Å². The highest BCUT2D eigenvalue weighted by Gasteiger charge is 2.42. The lowest BCUT2D eigenvalue weighted by molar-refractivity contribution is 0.182. The second-order valence-electron chi connectivity index (χ2n) is 8.14. The van der Waals surface area contributed by atoms with Crippen molar-refractivity contribution in [3.05, 3.63) is 16.1 Å². The molecule has 3 rings (SSSR count). The number of thiazole rings is 1. The Morgan fingerprint density at radius 2 is 1.90 bits per heavy atom. The molecule has 0 spiro atoms. The first-order chi connectivity index (χ1) is 9.93. The van der Waals surface area contributed by atoms with Gasteiger partial charge in [0.25, 0.3) is 0 Å². The van der Waals surface area contributed by atoms with Gasteiger partial charge in [-0.15, -0.1) is 11.3 Å². The summed E-state index contributed by atoms with van der Waals surface area (Å²) >= 11 is 1.89. The van der Waals surface area contributed by atoms with Gasteiger partial charge in [0.15, 0.2) is 0 Å². The molecule has 2 aliphatic rings. The summed E-state index contributed by atoms with van der Waals surface area (Å²) in [5.74, 6) is 0.932. The molecular formula is C18H30N2S. The fourth-order valence-corrected chi connectivity index (χ4v) is 4.72. The minimum Gasteiger partial charge on any atom is -0.303 e. The van der Waals surface area contributed by atoms with Crippen LogP contribution in [0.4, 0.5) is 0 Å². The van der Waals surface area contributed by atoms with E-state index in [1.807, 2.05) is 11.3 Å². The molecule has 1 aromatic heterocycles. The van der Waals surface area contributed by atoms with E-state index in [-0.39, 0.29) is 11.0 Å². The number of hydrogen-bond acceptors (Lipinski definition) is 3. The van der Waals surface area contributed by atoms with Gasteiger partial charge < -0.3 is 5.32 Å². The summed E-state index contributed by atoms with van der Waals surface area (Å²) in [6.45, 7) is 9.13. The largest absolute Gasteiger partial charge is 0.303 e. The van der Waals surface area contributed by atoms with Gasteiger partial charge in [0.2, 0.25) is 0 Å². The standard InChI is InChI=1S/C18H30N2S/c1-5-13-8-10-18(11-9-13,20-14-6-7-14)16-19-15(12-21-16)17(2,3)4/h12-14,20H,5-11H2,1-4H3. The van der Waals surface area contributed by atoms with Crippen LogP contribution in [0.5, 0.6) is 0 Å². The van der Waals surface area contributed by atoms with Crippen molar-refractivity contribution in [3.8, 4) is 0 Å². The molecule has 2 nitrogen and oxygen atoms in total. The van der Waals surface area contributed by atoms with Crippen molar-refractivity contribution in [1.29, 1.82) is 0 Å². The highest BCUT2D eigenvalue weighted by molar-refractivity contribution is 7.09. The minimum absolute atomic E-state index is 0.163. The summed E-state index contributed by atoms with van der Waals surface area (Å²) < 4.78 is 0. The molecule has 2 aliphatic carbocycles. The zero-order valence-corrected chi connectivity index (χ0v) is 14.9. The molecule has 118 valence electrons. The number of nitrogens with zero attached hydrogens (tertiary/aromatic N) is 1. The lowest BCUT2D eigenvalue weighted by Gasteiger charge is -2.40. The van der Waals surface area contributed by atoms with Crippen LogP contribution in [0.1, 0.15) is 83.3 Å². The van der Waals surface area contributed by atoms with Crippen molar-refractivity contribution in [2.45, 2.75) is 89.6 Å². The topological polar surface area (TPSA) is 24.9 Å². The van der Waals surface area contributed by atoms with Gasteiger partial charge in [-0.3, -0.25) is 0 Å². The van der Waals surface area contributed by atoms with Crippen molar-refractivity contribution in [1.82, 2.24) is 10.3 Å². The number of hydrogen-bond donors (Lipinski definition) is 1. The smallest absolute Gasteiger partial charge is 0.113 e. The van der Waals surface area contributed by atoms with Crippen molar-refractivity contribution in [2.75, 3.05) is 0 Å². The highest BCUT2D eigenvalue weighted by Crippen LogP contribution is 2.44. The molecule has 1 N–H and O–H groups in total. The van der Waals surface area contributed by atoms with Crippen molar-refractivity contribution in [3.63, 3.8) is 0 Å². The Bertz CT molecular complexity index is 474. The molecule has 0 aromatic carbocycles. The van der Waals surface area contributed by atoms with Gasteiger partial charge in [-0.1, -0.05) is 34.1 Å². The van der Waals surface area contributed by atoms with Crippen molar-refractivity contribution >= 4 is 11.3 Å². The van der Waals surface area contributed by atoms with Gasteiger partial charge >= 0.3 is 0 Å². The first kappa shape index (κ1) is 15.5. The number of nitrogens with one attached hydrogen (secondary N) is 1. The van der Waals surface area contributed by atoms with E-state index in [2.05, 4.69) is 38.4 Å². The van der Waals surface area contributed by atoms with Gasteiger partial charge in [0.05, 0.1) is 11.2 Å². The average Bonchev–Trinajstić information content (AvgIpc) is 3.09. The summed E-state index contributed by atoms with van der Waals surface area (Å²) in [6, 6.07) is 0.755. The van der Waals surface area contributed by atoms with E-state index in [0.717, 1.165) is 12.0 Å². The van der Waals surface area contributed by atoms with Crippen LogP contribution in [0.2, 0.25) is 0 Å². The molecule has 1 aromatic rings. The molecule has 1 heterocycles. The maximum Gasteiger partial charge on any atom is 0.113 e. The van der Waals surface area contributed by atoms with Gasteiger partial charge in [-0.05, 0) is 44.4 Å². The Hall–Kier alpha value is -0.410. The zero-order valence-electron chi connectivity index (χ0n) is 14.0. The summed E-state index contributed by atoms with van der Waals surface area (Å²) in [7, 11) is 0. The van der Waals surface area contributed by atoms with Crippen molar-refractivity contribution in [2.24, 2.45) is 5.92 Å². The van der Waals surface area contributed by atoms with E-state index in [1.54, 1.807) is 0 Å². The number of aromatic nitrogens is 1. The van der Waals surface area contributed by atoms with Crippen LogP contribution in [0, 0.1) is 5.92 Å². The second-order valence-corrected chi connectivity index (χ2v) is 9.00. The maximum absolute atomic E-state index is 5.07. The van der Waals surface area contributed by atoms with Crippen LogP contribution >= 0.6 is 11.3 Å². The molecule has 21 heavy (non-hydrogen) atoms. The Morgan fingerprint density at radius 3 is 2.38 bits per heavy atom. The third kappa shape index (κ3) is 3.34. The summed E-state index contributed by atoms with van der Waals surface area (Å²) in [5, 5.41) is 7.62. The van der Waals surface area contributed by atoms with E-state index in [9.17, 15) is 0 Å². The first-order valence-electron chi connectivity index (χ1n) is 8.67. The Labute approximate surface area is 133 Å². The lowest BCUT2D eigenvalue weighted by Crippen LogP contribution is -2.46. The van der Waals surface area contributed by atoms with E-state index >= 15 is 0 Å². The molecular weight excluding hydrogens is 276 g/mol. The van der Waals surface area contributed by atoms with Gasteiger partial charge in [-0.25, -0.2) is 4.98 Å². The molecule has 2 fully saturated rings. The van der Waals surface area contributed by atoms with Crippen LogP contribution < -0.4 is 5.32 Å². The Morgan fingerprint density at radius 1 is 1.24 bits per heavy atom. The fraction of sp³-hybridized carbons (Fsp3) is 0.833. The van der Waals surface area contributed by atoms with Crippen LogP contribution in [0.15, 0.2) is 5.38 Å². The van der Waals surface area contributed by atoms with Gasteiger partial charge in [0, 0.05) is 16.8 Å². The quantitative estimate of drug-likeness (QED) is 0.848. The normalized spacial score (nSPS) is 30.6. The molecule has 0 saturated heterocycles. The predicted molar refractivity (Wildman–Crippen MR) is 90.9 cm³/mol. The zero-order chi connectivity index (χ0) is 15.1. The second kappa shape index (κ2) is 5.66. The van der Waals surface area contributed by atoms with E-state index in [4.69, 9.17) is 4.98 Å². The average molecular weight is 307 g/mol. The van der Waals surface area contributed by atoms with E-state index in [0.29, 0.717) is 0 Å². The molecule has 2 saturated carbocycles. The highest BCUT2D eigenvalue weighted by atomic mass is 32.1. The van der Waals surface area contributed by atoms with Crippen LogP contribution in [0.25, 0.3) is 0 Å². The fourth-order valence-electron chi connectivity index (χ4n) is 3.46. The molecule has 0 radical (unpaired) electrons. The van der Waals surface area contributed by atoms with Crippen LogP contribution in [-0.2, 0) is 11.0 Å². The SMILES string of the molecule is CCC1CCC(NC2CC2)(c2nc(C(C)(C)C)cs2)CC1. The monoisotopic (exact) mass is 306 g/mol. The molecule has 0 atom stereocenters. The molecule has 0 amide bonds. The van der Waals surface area contributed by atoms with Crippen LogP contribution in [0.3, 0.4) is 0 Å². The molecule has 0 aliphatic heterocycles. The Balaban J connectivity index is 1.83. The van der Waals surface area contributed by atoms with E-state index < -0.39 is 0 Å². The summed E-state index contributed by atoms with van der Waals surface area (Å²) in [4.78, 5) is 5.07. The lowest BCUT2D eigenvalue weighted by atomic mass is 9.75. The molecule has 0 bridgehead atoms. The molecule has 0 unspecified atom stereocenters. The predicted octanol–water partition coefficient (Wildman–Crippen LogP) is 4.99. The third-order valence-corrected chi connectivity index (χ3v) is 6.32.